The van der Waals surface area contributed by atoms with E-state index in [1.54, 1.807) is 6.08 Å². The van der Waals surface area contributed by atoms with Gasteiger partial charge in [0.1, 0.15) is 0 Å². The molecule has 0 rings (SSSR count). The highest BCUT2D eigenvalue weighted by Gasteiger charge is 1.75. The van der Waals surface area contributed by atoms with E-state index in [4.69, 9.17) is 4.74 Å². The molecule has 0 N–H and O–H groups in total. The minimum atomic E-state index is 0.657. The highest BCUT2D eigenvalue weighted by molar-refractivity contribution is 4.64. The van der Waals surface area contributed by atoms with E-state index < -0.39 is 0 Å². The largest absolute Gasteiger partial charge is 0.377 e. The van der Waals surface area contributed by atoms with Crippen molar-refractivity contribution in [3.63, 3.8) is 0 Å². The van der Waals surface area contributed by atoms with Crippen molar-refractivity contribution in [3.05, 3.63) is 19.1 Å². The minimum Gasteiger partial charge on any atom is -0.377 e. The summed E-state index contributed by atoms with van der Waals surface area (Å²) < 4.78 is 4.96. The summed E-state index contributed by atoms with van der Waals surface area (Å²) in [6.45, 7) is 6.84. The summed E-state index contributed by atoms with van der Waals surface area (Å²) in [6.07, 6.45) is 3.70. The van der Waals surface area contributed by atoms with E-state index in [1.165, 1.54) is 0 Å². The highest BCUT2D eigenvalue weighted by Crippen LogP contribution is 1.76. The molecule has 0 aliphatic rings. The van der Waals surface area contributed by atoms with Gasteiger partial charge in [-0.25, -0.2) is 0 Å². The Morgan fingerprint density at radius 2 is 2.29 bits per heavy atom. The van der Waals surface area contributed by atoms with Gasteiger partial charge in [0.15, 0.2) is 0 Å². The van der Waals surface area contributed by atoms with Gasteiger partial charge < -0.3 is 4.74 Å². The molecule has 7 heavy (non-hydrogen) atoms. The van der Waals surface area contributed by atoms with Crippen LogP contribution in [0.4, 0.5) is 0 Å². The van der Waals surface area contributed by atoms with Gasteiger partial charge >= 0.3 is 0 Å². The Morgan fingerprint density at radius 3 is 2.71 bits per heavy atom. The van der Waals surface area contributed by atoms with Crippen LogP contribution in [0, 0.1) is 6.42 Å². The summed E-state index contributed by atoms with van der Waals surface area (Å²) in [7, 11) is 0. The molecule has 0 aliphatic carbocycles. The molecule has 1 nitrogen and oxygen atoms in total. The molecule has 41 valence electrons. The van der Waals surface area contributed by atoms with Crippen molar-refractivity contribution >= 4 is 0 Å². The molecule has 0 saturated carbocycles. The molecule has 0 unspecified atom stereocenters. The predicted octanol–water partition coefficient (Wildman–Crippen LogP) is 1.41. The maximum Gasteiger partial charge on any atom is 0.0644 e. The van der Waals surface area contributed by atoms with Crippen molar-refractivity contribution < 1.29 is 4.74 Å². The van der Waals surface area contributed by atoms with Gasteiger partial charge in [-0.05, 0) is 6.42 Å². The molecule has 0 aliphatic heterocycles. The fourth-order valence-corrected chi connectivity index (χ4v) is 0.269. The lowest BCUT2D eigenvalue weighted by atomic mass is 10.5. The Balaban J connectivity index is 2.56. The van der Waals surface area contributed by atoms with Crippen molar-refractivity contribution in [1.82, 2.24) is 0 Å². The molecule has 0 amide bonds. The first-order chi connectivity index (χ1) is 3.41. The Hall–Kier alpha value is -0.300. The lowest BCUT2D eigenvalue weighted by Crippen LogP contribution is -1.90. The van der Waals surface area contributed by atoms with Crippen LogP contribution in [0.15, 0.2) is 12.7 Å². The van der Waals surface area contributed by atoms with Crippen molar-refractivity contribution in [2.75, 3.05) is 13.2 Å². The van der Waals surface area contributed by atoms with E-state index in [1.807, 2.05) is 13.3 Å². The van der Waals surface area contributed by atoms with Crippen LogP contribution in [0.5, 0.6) is 0 Å². The van der Waals surface area contributed by atoms with Crippen molar-refractivity contribution in [2.45, 2.75) is 6.92 Å². The average Bonchev–Trinajstić information content (AvgIpc) is 1.69. The van der Waals surface area contributed by atoms with Gasteiger partial charge in [0.25, 0.3) is 0 Å². The Labute approximate surface area is 45.0 Å². The van der Waals surface area contributed by atoms with Crippen LogP contribution in [0.1, 0.15) is 6.92 Å². The lowest BCUT2D eigenvalue weighted by molar-refractivity contribution is 0.185. The van der Waals surface area contributed by atoms with Crippen LogP contribution in [0.25, 0.3) is 0 Å². The molecule has 0 saturated heterocycles. The zero-order valence-electron chi connectivity index (χ0n) is 4.68. The van der Waals surface area contributed by atoms with Gasteiger partial charge in [0.2, 0.25) is 0 Å². The second-order valence-electron chi connectivity index (χ2n) is 1.23. The highest BCUT2D eigenvalue weighted by atomic mass is 16.5. The molecular formula is C6H11O. The quantitative estimate of drug-likeness (QED) is 0.382. The number of rotatable bonds is 4. The fraction of sp³-hybridized carbons (Fsp3) is 0.500. The van der Waals surface area contributed by atoms with E-state index >= 15 is 0 Å². The van der Waals surface area contributed by atoms with E-state index in [-0.39, 0.29) is 0 Å². The molecule has 1 radical (unpaired) electrons. The van der Waals surface area contributed by atoms with Crippen molar-refractivity contribution in [3.8, 4) is 0 Å². The summed E-state index contributed by atoms with van der Waals surface area (Å²) in [5, 5.41) is 0. The maximum atomic E-state index is 4.96. The normalized spacial score (nSPS) is 8.71. The molecule has 0 atom stereocenters. The molecule has 0 fully saturated rings. The fourth-order valence-electron chi connectivity index (χ4n) is 0.269. The van der Waals surface area contributed by atoms with Gasteiger partial charge in [0, 0.05) is 6.61 Å². The molecule has 0 bridgehead atoms. The zero-order valence-corrected chi connectivity index (χ0v) is 4.68. The van der Waals surface area contributed by atoms with Crippen LogP contribution in [-0.4, -0.2) is 13.2 Å². The average molecular weight is 99.2 g/mol. The molecule has 0 aromatic heterocycles. The van der Waals surface area contributed by atoms with E-state index in [0.717, 1.165) is 6.61 Å². The molecule has 1 heteroatoms. The molecule has 0 heterocycles. The van der Waals surface area contributed by atoms with Crippen LogP contribution in [0.2, 0.25) is 0 Å². The van der Waals surface area contributed by atoms with E-state index in [0.29, 0.717) is 6.61 Å². The van der Waals surface area contributed by atoms with Gasteiger partial charge in [0.05, 0.1) is 6.61 Å². The third-order valence-corrected chi connectivity index (χ3v) is 0.520. The second kappa shape index (κ2) is 5.70. The molecule has 0 aromatic rings. The third-order valence-electron chi connectivity index (χ3n) is 0.520. The van der Waals surface area contributed by atoms with E-state index in [2.05, 4.69) is 6.58 Å². The summed E-state index contributed by atoms with van der Waals surface area (Å²) in [5.41, 5.74) is 0. The molecule has 0 spiro atoms. The van der Waals surface area contributed by atoms with Crippen LogP contribution in [-0.2, 0) is 4.74 Å². The van der Waals surface area contributed by atoms with Crippen LogP contribution < -0.4 is 0 Å². The summed E-state index contributed by atoms with van der Waals surface area (Å²) in [4.78, 5) is 0. The summed E-state index contributed by atoms with van der Waals surface area (Å²) >= 11 is 0. The molecule has 0 aromatic carbocycles. The van der Waals surface area contributed by atoms with Gasteiger partial charge in [-0.15, -0.1) is 6.58 Å². The Morgan fingerprint density at radius 1 is 1.57 bits per heavy atom. The van der Waals surface area contributed by atoms with Crippen molar-refractivity contribution in [2.24, 2.45) is 0 Å². The number of ether oxygens (including phenoxy) is 1. The Bertz CT molecular complexity index is 41.4. The number of hydrogen-bond donors (Lipinski definition) is 0. The van der Waals surface area contributed by atoms with Gasteiger partial charge in [-0.2, -0.15) is 0 Å². The molecular weight excluding hydrogens is 88.1 g/mol. The lowest BCUT2D eigenvalue weighted by Gasteiger charge is -1.92. The van der Waals surface area contributed by atoms with Gasteiger partial charge in [-0.3, -0.25) is 0 Å². The van der Waals surface area contributed by atoms with Crippen LogP contribution >= 0.6 is 0 Å². The summed E-state index contributed by atoms with van der Waals surface area (Å²) in [6, 6.07) is 0. The SMILES string of the molecule is C=CCOC[CH]C. The number of hydrogen-bond acceptors (Lipinski definition) is 1. The first-order valence-electron chi connectivity index (χ1n) is 2.38. The topological polar surface area (TPSA) is 9.23 Å². The first kappa shape index (κ1) is 6.70. The van der Waals surface area contributed by atoms with Gasteiger partial charge in [-0.1, -0.05) is 13.0 Å². The smallest absolute Gasteiger partial charge is 0.0644 e. The first-order valence-corrected chi connectivity index (χ1v) is 2.38. The van der Waals surface area contributed by atoms with Crippen LogP contribution in [0.3, 0.4) is 0 Å². The maximum absolute atomic E-state index is 4.96. The third kappa shape index (κ3) is 5.70. The standard InChI is InChI=1S/C6H11O/c1-3-5-7-6-4-2/h3-4H,1,5-6H2,2H3. The second-order valence-corrected chi connectivity index (χ2v) is 1.23. The summed E-state index contributed by atoms with van der Waals surface area (Å²) in [5.74, 6) is 0. The van der Waals surface area contributed by atoms with Crippen molar-refractivity contribution in [1.29, 1.82) is 0 Å². The zero-order chi connectivity index (χ0) is 5.54. The minimum absolute atomic E-state index is 0.657. The predicted molar refractivity (Wildman–Crippen MR) is 31.0 cm³/mol. The Kier molecular flexibility index (Phi) is 5.46. The van der Waals surface area contributed by atoms with E-state index in [9.17, 15) is 0 Å². The monoisotopic (exact) mass is 99.1 g/mol.